The maximum atomic E-state index is 11.7. The third-order valence-electron chi connectivity index (χ3n) is 2.25. The van der Waals surface area contributed by atoms with Crippen LogP contribution >= 0.6 is 11.6 Å². The summed E-state index contributed by atoms with van der Waals surface area (Å²) in [7, 11) is -3.55. The summed E-state index contributed by atoms with van der Waals surface area (Å²) in [6.45, 7) is 3.47. The van der Waals surface area contributed by atoms with Crippen molar-refractivity contribution < 1.29 is 13.2 Å². The van der Waals surface area contributed by atoms with Crippen molar-refractivity contribution in [2.75, 3.05) is 23.7 Å². The fraction of sp³-hybridized carbons (Fsp3) is 0.250. The van der Waals surface area contributed by atoms with Gasteiger partial charge in [0.15, 0.2) is 0 Å². The van der Waals surface area contributed by atoms with Crippen LogP contribution in [0, 0.1) is 0 Å². The highest BCUT2D eigenvalue weighted by Crippen LogP contribution is 2.19. The van der Waals surface area contributed by atoms with Crippen LogP contribution in [0.15, 0.2) is 36.9 Å². The molecule has 0 radical (unpaired) electrons. The molecule has 1 N–H and O–H groups in total. The minimum Gasteiger partial charge on any atom is -0.351 e. The quantitative estimate of drug-likeness (QED) is 0.808. The second-order valence-electron chi connectivity index (χ2n) is 3.84. The molecule has 0 fully saturated rings. The SMILES string of the molecule is C=CCNC(=O)CN(c1ccc(Cl)cc1)S(C)(=O)=O. The molecule has 19 heavy (non-hydrogen) atoms. The largest absolute Gasteiger partial charge is 0.351 e. The van der Waals surface area contributed by atoms with E-state index in [1.54, 1.807) is 24.3 Å². The van der Waals surface area contributed by atoms with Gasteiger partial charge in [-0.15, -0.1) is 6.58 Å². The van der Waals surface area contributed by atoms with Crippen molar-refractivity contribution in [3.05, 3.63) is 41.9 Å². The van der Waals surface area contributed by atoms with Gasteiger partial charge in [-0.3, -0.25) is 9.10 Å². The van der Waals surface area contributed by atoms with Crippen LogP contribution in [0.25, 0.3) is 0 Å². The molecule has 0 heterocycles. The van der Waals surface area contributed by atoms with Gasteiger partial charge in [0.05, 0.1) is 11.9 Å². The molecule has 1 rings (SSSR count). The van der Waals surface area contributed by atoms with Gasteiger partial charge >= 0.3 is 0 Å². The first-order chi connectivity index (χ1) is 8.84. The summed E-state index contributed by atoms with van der Waals surface area (Å²) in [5.41, 5.74) is 0.389. The Morgan fingerprint density at radius 3 is 2.47 bits per heavy atom. The molecule has 0 aliphatic heterocycles. The highest BCUT2D eigenvalue weighted by molar-refractivity contribution is 7.92. The van der Waals surface area contributed by atoms with Gasteiger partial charge in [-0.2, -0.15) is 0 Å². The van der Waals surface area contributed by atoms with Crippen LogP contribution in [0.4, 0.5) is 5.69 Å². The molecule has 0 aliphatic rings. The topological polar surface area (TPSA) is 66.5 Å². The van der Waals surface area contributed by atoms with E-state index < -0.39 is 15.9 Å². The second kappa shape index (κ2) is 6.58. The summed E-state index contributed by atoms with van der Waals surface area (Å²) in [5.74, 6) is -0.403. The average Bonchev–Trinajstić information content (AvgIpc) is 2.33. The summed E-state index contributed by atoms with van der Waals surface area (Å²) < 4.78 is 24.5. The van der Waals surface area contributed by atoms with Crippen molar-refractivity contribution in [3.63, 3.8) is 0 Å². The first-order valence-corrected chi connectivity index (χ1v) is 7.68. The normalized spacial score (nSPS) is 10.8. The number of hydrogen-bond acceptors (Lipinski definition) is 3. The number of carbonyl (C=O) groups excluding carboxylic acids is 1. The van der Waals surface area contributed by atoms with E-state index in [-0.39, 0.29) is 13.1 Å². The van der Waals surface area contributed by atoms with Crippen LogP contribution in [0.5, 0.6) is 0 Å². The molecule has 0 unspecified atom stereocenters. The first-order valence-electron chi connectivity index (χ1n) is 5.45. The lowest BCUT2D eigenvalue weighted by Crippen LogP contribution is -2.40. The lowest BCUT2D eigenvalue weighted by Gasteiger charge is -2.21. The summed E-state index contributed by atoms with van der Waals surface area (Å²) in [6, 6.07) is 6.22. The molecule has 1 aromatic carbocycles. The van der Waals surface area contributed by atoms with Crippen molar-refractivity contribution in [3.8, 4) is 0 Å². The van der Waals surface area contributed by atoms with E-state index in [1.165, 1.54) is 6.08 Å². The molecule has 104 valence electrons. The van der Waals surface area contributed by atoms with Crippen LogP contribution in [0.2, 0.25) is 5.02 Å². The van der Waals surface area contributed by atoms with Crippen molar-refractivity contribution in [1.29, 1.82) is 0 Å². The van der Waals surface area contributed by atoms with Gasteiger partial charge in [-0.25, -0.2) is 8.42 Å². The molecular formula is C12H15ClN2O3S. The van der Waals surface area contributed by atoms with Gasteiger partial charge in [0.2, 0.25) is 15.9 Å². The maximum absolute atomic E-state index is 11.7. The Kier molecular flexibility index (Phi) is 5.38. The van der Waals surface area contributed by atoms with Gasteiger partial charge in [0.25, 0.3) is 0 Å². The number of halogens is 1. The predicted octanol–water partition coefficient (Wildman–Crippen LogP) is 1.41. The number of anilines is 1. The zero-order valence-corrected chi connectivity index (χ0v) is 12.0. The molecular weight excluding hydrogens is 288 g/mol. The van der Waals surface area contributed by atoms with E-state index in [2.05, 4.69) is 11.9 Å². The van der Waals surface area contributed by atoms with E-state index in [1.807, 2.05) is 0 Å². The summed E-state index contributed by atoms with van der Waals surface area (Å²) >= 11 is 5.75. The van der Waals surface area contributed by atoms with Crippen molar-refractivity contribution in [1.82, 2.24) is 5.32 Å². The molecule has 0 saturated carbocycles. The third kappa shape index (κ3) is 4.92. The Balaban J connectivity index is 2.94. The van der Waals surface area contributed by atoms with Crippen LogP contribution < -0.4 is 9.62 Å². The molecule has 5 nitrogen and oxygen atoms in total. The van der Waals surface area contributed by atoms with E-state index in [9.17, 15) is 13.2 Å². The Morgan fingerprint density at radius 1 is 1.42 bits per heavy atom. The van der Waals surface area contributed by atoms with E-state index in [0.29, 0.717) is 10.7 Å². The lowest BCUT2D eigenvalue weighted by atomic mass is 10.3. The standard InChI is InChI=1S/C12H15ClN2O3S/c1-3-8-14-12(16)9-15(19(2,17)18)11-6-4-10(13)5-7-11/h3-7H,1,8-9H2,2H3,(H,14,16). The fourth-order valence-electron chi connectivity index (χ4n) is 1.38. The zero-order chi connectivity index (χ0) is 14.5. The van der Waals surface area contributed by atoms with Crippen LogP contribution in [-0.2, 0) is 14.8 Å². The molecule has 0 bridgehead atoms. The number of amides is 1. The molecule has 1 aromatic rings. The summed E-state index contributed by atoms with van der Waals surface area (Å²) in [4.78, 5) is 11.6. The lowest BCUT2D eigenvalue weighted by molar-refractivity contribution is -0.119. The number of carbonyl (C=O) groups is 1. The first kappa shape index (κ1) is 15.5. The molecule has 0 saturated heterocycles. The zero-order valence-electron chi connectivity index (χ0n) is 10.5. The third-order valence-corrected chi connectivity index (χ3v) is 3.64. The Hall–Kier alpha value is -1.53. The monoisotopic (exact) mass is 302 g/mol. The van der Waals surface area contributed by atoms with Gasteiger partial charge in [-0.05, 0) is 24.3 Å². The van der Waals surface area contributed by atoms with Gasteiger partial charge in [0.1, 0.15) is 6.54 Å². The van der Waals surface area contributed by atoms with Crippen molar-refractivity contribution in [2.24, 2.45) is 0 Å². The molecule has 0 aromatic heterocycles. The van der Waals surface area contributed by atoms with Crippen LogP contribution in [0.3, 0.4) is 0 Å². The van der Waals surface area contributed by atoms with Crippen LogP contribution in [-0.4, -0.2) is 33.7 Å². The second-order valence-corrected chi connectivity index (χ2v) is 6.18. The van der Waals surface area contributed by atoms with E-state index >= 15 is 0 Å². The molecule has 1 amide bonds. The van der Waals surface area contributed by atoms with E-state index in [4.69, 9.17) is 11.6 Å². The minimum absolute atomic E-state index is 0.283. The van der Waals surface area contributed by atoms with Gasteiger partial charge in [0, 0.05) is 11.6 Å². The fourth-order valence-corrected chi connectivity index (χ4v) is 2.36. The average molecular weight is 303 g/mol. The number of nitrogens with one attached hydrogen (secondary N) is 1. The number of sulfonamides is 1. The number of hydrogen-bond donors (Lipinski definition) is 1. The smallest absolute Gasteiger partial charge is 0.241 e. The maximum Gasteiger partial charge on any atom is 0.241 e. The number of benzene rings is 1. The predicted molar refractivity (Wildman–Crippen MR) is 76.8 cm³/mol. The molecule has 7 heteroatoms. The highest BCUT2D eigenvalue weighted by atomic mass is 35.5. The number of rotatable bonds is 6. The van der Waals surface area contributed by atoms with Gasteiger partial charge in [-0.1, -0.05) is 17.7 Å². The number of nitrogens with zero attached hydrogens (tertiary/aromatic N) is 1. The van der Waals surface area contributed by atoms with Crippen LogP contribution in [0.1, 0.15) is 0 Å². The van der Waals surface area contributed by atoms with Crippen molar-refractivity contribution in [2.45, 2.75) is 0 Å². The minimum atomic E-state index is -3.55. The Morgan fingerprint density at radius 2 is 2.00 bits per heavy atom. The highest BCUT2D eigenvalue weighted by Gasteiger charge is 2.20. The molecule has 0 aliphatic carbocycles. The Labute approximate surface area is 117 Å². The molecule has 0 atom stereocenters. The Bertz CT molecular complexity index is 555. The van der Waals surface area contributed by atoms with Gasteiger partial charge < -0.3 is 5.32 Å². The van der Waals surface area contributed by atoms with Crippen molar-refractivity contribution >= 4 is 33.2 Å². The molecule has 0 spiro atoms. The summed E-state index contributed by atoms with van der Waals surface area (Å²) in [5, 5.41) is 3.02. The van der Waals surface area contributed by atoms with E-state index in [0.717, 1.165) is 10.6 Å². The summed E-state index contributed by atoms with van der Waals surface area (Å²) in [6.07, 6.45) is 2.56.